The number of amides is 1. The van der Waals surface area contributed by atoms with E-state index in [0.717, 1.165) is 25.9 Å². The third kappa shape index (κ3) is 2.68. The van der Waals surface area contributed by atoms with Crippen molar-refractivity contribution in [2.24, 2.45) is 0 Å². The Morgan fingerprint density at radius 2 is 1.90 bits per heavy atom. The molecule has 1 amide bonds. The summed E-state index contributed by atoms with van der Waals surface area (Å²) >= 11 is 0. The lowest BCUT2D eigenvalue weighted by atomic mass is 10.0. The Kier molecular flexibility index (Phi) is 3.95. The first-order chi connectivity index (χ1) is 10.1. The van der Waals surface area contributed by atoms with E-state index in [-0.39, 0.29) is 30.0 Å². The average Bonchev–Trinajstić information content (AvgIpc) is 2.76. The Balaban J connectivity index is 1.88. The van der Waals surface area contributed by atoms with Crippen LogP contribution in [-0.2, 0) is 4.79 Å². The van der Waals surface area contributed by atoms with E-state index in [1.807, 2.05) is 17.9 Å². The van der Waals surface area contributed by atoms with Gasteiger partial charge in [-0.3, -0.25) is 10.1 Å². The van der Waals surface area contributed by atoms with Crippen molar-refractivity contribution in [2.75, 3.05) is 20.1 Å². The zero-order valence-corrected chi connectivity index (χ0v) is 12.6. The van der Waals surface area contributed by atoms with Crippen molar-refractivity contribution in [2.45, 2.75) is 38.0 Å². The van der Waals surface area contributed by atoms with Crippen molar-refractivity contribution in [1.82, 2.24) is 15.1 Å². The lowest BCUT2D eigenvalue weighted by Crippen LogP contribution is -2.46. The molecule has 2 heterocycles. The van der Waals surface area contributed by atoms with E-state index in [1.54, 1.807) is 12.1 Å². The van der Waals surface area contributed by atoms with E-state index in [4.69, 9.17) is 0 Å². The number of halogens is 1. The van der Waals surface area contributed by atoms with Crippen LogP contribution in [0.1, 0.15) is 31.5 Å². The summed E-state index contributed by atoms with van der Waals surface area (Å²) in [6, 6.07) is 6.65. The Bertz CT molecular complexity index is 528. The van der Waals surface area contributed by atoms with Gasteiger partial charge in [0.25, 0.3) is 0 Å². The van der Waals surface area contributed by atoms with E-state index >= 15 is 0 Å². The van der Waals surface area contributed by atoms with Crippen LogP contribution < -0.4 is 5.32 Å². The number of hydrogen-bond donors (Lipinski definition) is 1. The number of nitrogens with one attached hydrogen (secondary N) is 1. The molecular formula is C16H22FN3O. The summed E-state index contributed by atoms with van der Waals surface area (Å²) in [6.07, 6.45) is 1.55. The Labute approximate surface area is 124 Å². The number of benzene rings is 1. The van der Waals surface area contributed by atoms with Gasteiger partial charge < -0.3 is 9.80 Å². The van der Waals surface area contributed by atoms with Crippen LogP contribution in [-0.4, -0.2) is 47.9 Å². The van der Waals surface area contributed by atoms with Crippen LogP contribution in [0.25, 0.3) is 0 Å². The molecule has 2 aliphatic heterocycles. The van der Waals surface area contributed by atoms with Gasteiger partial charge in [0.15, 0.2) is 0 Å². The number of piperidine rings is 1. The van der Waals surface area contributed by atoms with Crippen LogP contribution in [0.4, 0.5) is 4.39 Å². The molecule has 4 nitrogen and oxygen atoms in total. The number of carbonyl (C=O) groups excluding carboxylic acids is 1. The molecular weight excluding hydrogens is 269 g/mol. The predicted octanol–water partition coefficient (Wildman–Crippen LogP) is 1.74. The Hall–Kier alpha value is -1.46. The van der Waals surface area contributed by atoms with Crippen molar-refractivity contribution >= 4 is 5.91 Å². The highest BCUT2D eigenvalue weighted by molar-refractivity contribution is 5.84. The van der Waals surface area contributed by atoms with Gasteiger partial charge in [-0.15, -0.1) is 0 Å². The minimum atomic E-state index is -0.345. The van der Waals surface area contributed by atoms with Crippen LogP contribution in [0.5, 0.6) is 0 Å². The quantitative estimate of drug-likeness (QED) is 0.901. The maximum Gasteiger partial charge on any atom is 0.241 e. The van der Waals surface area contributed by atoms with Gasteiger partial charge in [0.05, 0.1) is 6.04 Å². The van der Waals surface area contributed by atoms with Crippen molar-refractivity contribution in [3.05, 3.63) is 35.6 Å². The van der Waals surface area contributed by atoms with Crippen LogP contribution in [0, 0.1) is 5.82 Å². The molecule has 0 aromatic heterocycles. The standard InChI is InChI=1S/C16H22FN3O/c1-11-16(21)20(12-7-9-19(2)10-8-12)15(18-11)13-5-3-4-6-14(13)17/h3-6,11-12,15,18H,7-10H2,1-2H3. The van der Waals surface area contributed by atoms with E-state index in [2.05, 4.69) is 17.3 Å². The largest absolute Gasteiger partial charge is 0.318 e. The number of nitrogens with zero attached hydrogens (tertiary/aromatic N) is 2. The number of carbonyl (C=O) groups is 1. The fourth-order valence-electron chi connectivity index (χ4n) is 3.34. The predicted molar refractivity (Wildman–Crippen MR) is 79.1 cm³/mol. The Morgan fingerprint density at radius 3 is 2.57 bits per heavy atom. The first-order valence-corrected chi connectivity index (χ1v) is 7.59. The third-order valence-corrected chi connectivity index (χ3v) is 4.59. The van der Waals surface area contributed by atoms with E-state index in [9.17, 15) is 9.18 Å². The maximum atomic E-state index is 14.1. The second kappa shape index (κ2) is 5.73. The maximum absolute atomic E-state index is 14.1. The molecule has 114 valence electrons. The average molecular weight is 291 g/mol. The molecule has 2 saturated heterocycles. The van der Waals surface area contributed by atoms with Crippen molar-refractivity contribution < 1.29 is 9.18 Å². The molecule has 1 aromatic rings. The first-order valence-electron chi connectivity index (χ1n) is 7.59. The van der Waals surface area contributed by atoms with Crippen molar-refractivity contribution in [3.63, 3.8) is 0 Å². The molecule has 0 spiro atoms. The highest BCUT2D eigenvalue weighted by Gasteiger charge is 2.42. The van der Waals surface area contributed by atoms with Gasteiger partial charge >= 0.3 is 0 Å². The summed E-state index contributed by atoms with van der Waals surface area (Å²) in [6.45, 7) is 3.81. The van der Waals surface area contributed by atoms with Gasteiger partial charge in [0, 0.05) is 11.6 Å². The monoisotopic (exact) mass is 291 g/mol. The van der Waals surface area contributed by atoms with Crippen LogP contribution in [0.3, 0.4) is 0 Å². The summed E-state index contributed by atoms with van der Waals surface area (Å²) in [5, 5.41) is 3.24. The molecule has 2 fully saturated rings. The van der Waals surface area contributed by atoms with Gasteiger partial charge in [0.2, 0.25) is 5.91 Å². The summed E-state index contributed by atoms with van der Waals surface area (Å²) in [5.41, 5.74) is 0.564. The van der Waals surface area contributed by atoms with Crippen molar-refractivity contribution in [3.8, 4) is 0 Å². The number of rotatable bonds is 2. The number of hydrogen-bond acceptors (Lipinski definition) is 3. The van der Waals surface area contributed by atoms with Gasteiger partial charge in [0.1, 0.15) is 12.0 Å². The van der Waals surface area contributed by atoms with Gasteiger partial charge in [-0.25, -0.2) is 4.39 Å². The van der Waals surface area contributed by atoms with Gasteiger partial charge in [-0.1, -0.05) is 18.2 Å². The van der Waals surface area contributed by atoms with Crippen LogP contribution in [0.2, 0.25) is 0 Å². The van der Waals surface area contributed by atoms with Crippen LogP contribution in [0.15, 0.2) is 24.3 Å². The molecule has 2 atom stereocenters. The fourth-order valence-corrected chi connectivity index (χ4v) is 3.34. The van der Waals surface area contributed by atoms with E-state index < -0.39 is 0 Å². The van der Waals surface area contributed by atoms with Crippen LogP contribution >= 0.6 is 0 Å². The van der Waals surface area contributed by atoms with Gasteiger partial charge in [-0.2, -0.15) is 0 Å². The minimum Gasteiger partial charge on any atom is -0.318 e. The highest BCUT2D eigenvalue weighted by Crippen LogP contribution is 2.32. The molecule has 1 N–H and O–H groups in total. The Morgan fingerprint density at radius 1 is 1.24 bits per heavy atom. The summed E-state index contributed by atoms with van der Waals surface area (Å²) in [7, 11) is 2.09. The molecule has 5 heteroatoms. The molecule has 2 aliphatic rings. The minimum absolute atomic E-state index is 0.0813. The summed E-state index contributed by atoms with van der Waals surface area (Å²) < 4.78 is 14.1. The second-order valence-corrected chi connectivity index (χ2v) is 6.09. The lowest BCUT2D eigenvalue weighted by molar-refractivity contribution is -0.133. The first kappa shape index (κ1) is 14.5. The topological polar surface area (TPSA) is 35.6 Å². The lowest BCUT2D eigenvalue weighted by Gasteiger charge is -2.38. The zero-order valence-electron chi connectivity index (χ0n) is 12.6. The molecule has 1 aromatic carbocycles. The molecule has 3 rings (SSSR count). The van der Waals surface area contributed by atoms with E-state index in [0.29, 0.717) is 5.56 Å². The second-order valence-electron chi connectivity index (χ2n) is 6.09. The summed E-state index contributed by atoms with van der Waals surface area (Å²) in [4.78, 5) is 16.6. The zero-order chi connectivity index (χ0) is 15.0. The smallest absolute Gasteiger partial charge is 0.241 e. The normalized spacial score (nSPS) is 28.3. The highest BCUT2D eigenvalue weighted by atomic mass is 19.1. The molecule has 0 radical (unpaired) electrons. The number of likely N-dealkylation sites (tertiary alicyclic amines) is 1. The SMILES string of the molecule is CC1NC(c2ccccc2F)N(C2CCN(C)CC2)C1=O. The molecule has 0 saturated carbocycles. The molecule has 0 bridgehead atoms. The van der Waals surface area contributed by atoms with Crippen molar-refractivity contribution in [1.29, 1.82) is 0 Å². The van der Waals surface area contributed by atoms with Gasteiger partial charge in [-0.05, 0) is 46.0 Å². The fraction of sp³-hybridized carbons (Fsp3) is 0.562. The molecule has 2 unspecified atom stereocenters. The third-order valence-electron chi connectivity index (χ3n) is 4.59. The molecule has 21 heavy (non-hydrogen) atoms. The van der Waals surface area contributed by atoms with E-state index in [1.165, 1.54) is 6.07 Å². The summed E-state index contributed by atoms with van der Waals surface area (Å²) in [5.74, 6) is -0.173. The molecule has 0 aliphatic carbocycles.